The molecule has 1 atom stereocenters. The lowest BCUT2D eigenvalue weighted by atomic mass is 10.1. The first-order valence-electron chi connectivity index (χ1n) is 7.31. The monoisotopic (exact) mass is 256 g/mol. The highest BCUT2D eigenvalue weighted by molar-refractivity contribution is 5.33. The Kier molecular flexibility index (Phi) is 5.94. The van der Waals surface area contributed by atoms with Crippen LogP contribution in [0.1, 0.15) is 25.3 Å². The normalized spacial score (nSPS) is 16.9. The molecular weight excluding hydrogens is 232 g/mol. The van der Waals surface area contributed by atoms with Crippen molar-refractivity contribution in [2.24, 2.45) is 5.92 Å². The molecule has 0 spiro atoms. The van der Waals surface area contributed by atoms with E-state index in [1.54, 1.807) is 0 Å². The van der Waals surface area contributed by atoms with E-state index in [0.29, 0.717) is 5.92 Å². The van der Waals surface area contributed by atoms with E-state index in [9.17, 15) is 0 Å². The van der Waals surface area contributed by atoms with Gasteiger partial charge in [0.25, 0.3) is 0 Å². The third kappa shape index (κ3) is 5.46. The van der Waals surface area contributed by atoms with Gasteiger partial charge in [0.15, 0.2) is 0 Å². The van der Waals surface area contributed by atoms with Gasteiger partial charge in [0, 0.05) is 12.1 Å². The average Bonchev–Trinajstić information content (AvgIpc) is 2.92. The van der Waals surface area contributed by atoms with E-state index >= 15 is 0 Å². The molecule has 1 saturated heterocycles. The van der Waals surface area contributed by atoms with E-state index in [4.69, 9.17) is 0 Å². The van der Waals surface area contributed by atoms with E-state index < -0.39 is 0 Å². The maximum Gasteiger partial charge on any atom is 0.0580 e. The minimum atomic E-state index is 0.705. The number of nitrogens with zero attached hydrogens (tertiary/aromatic N) is 1. The van der Waals surface area contributed by atoms with Crippen molar-refractivity contribution < 1.29 is 0 Å². The summed E-state index contributed by atoms with van der Waals surface area (Å²) in [5, 5.41) is 3.43. The highest BCUT2D eigenvalue weighted by atomic mass is 15.1. The number of rotatable bonds is 5. The molecule has 2 heteroatoms. The highest BCUT2D eigenvalue weighted by Gasteiger charge is 2.13. The molecule has 2 nitrogen and oxygen atoms in total. The Bertz CT molecular complexity index is 410. The van der Waals surface area contributed by atoms with Crippen molar-refractivity contribution in [2.45, 2.75) is 19.8 Å². The third-order valence-corrected chi connectivity index (χ3v) is 3.48. The van der Waals surface area contributed by atoms with Gasteiger partial charge in [-0.25, -0.2) is 0 Å². The van der Waals surface area contributed by atoms with Gasteiger partial charge in [0.2, 0.25) is 0 Å². The molecule has 2 rings (SSSR count). The second kappa shape index (κ2) is 7.99. The lowest BCUT2D eigenvalue weighted by Gasteiger charge is -2.19. The van der Waals surface area contributed by atoms with Crippen LogP contribution in [0.15, 0.2) is 30.3 Å². The van der Waals surface area contributed by atoms with Gasteiger partial charge in [-0.15, -0.1) is 0 Å². The van der Waals surface area contributed by atoms with Crippen molar-refractivity contribution in [2.75, 3.05) is 32.7 Å². The summed E-state index contributed by atoms with van der Waals surface area (Å²) in [6, 6.07) is 10.2. The summed E-state index contributed by atoms with van der Waals surface area (Å²) in [7, 11) is 0. The molecule has 0 aliphatic carbocycles. The van der Waals surface area contributed by atoms with Gasteiger partial charge in [0.1, 0.15) is 0 Å². The van der Waals surface area contributed by atoms with Crippen LogP contribution in [0.5, 0.6) is 0 Å². The van der Waals surface area contributed by atoms with Crippen molar-refractivity contribution in [3.8, 4) is 11.8 Å². The van der Waals surface area contributed by atoms with E-state index in [1.807, 2.05) is 30.3 Å². The SMILES string of the molecule is CC(CNCC#Cc1ccccc1)CN1CCCC1. The molecule has 1 aromatic carbocycles. The summed E-state index contributed by atoms with van der Waals surface area (Å²) in [6.07, 6.45) is 2.76. The number of likely N-dealkylation sites (tertiary alicyclic amines) is 1. The third-order valence-electron chi connectivity index (χ3n) is 3.48. The maximum absolute atomic E-state index is 3.43. The number of hydrogen-bond acceptors (Lipinski definition) is 2. The van der Waals surface area contributed by atoms with E-state index in [-0.39, 0.29) is 0 Å². The van der Waals surface area contributed by atoms with Crippen molar-refractivity contribution in [3.63, 3.8) is 0 Å². The average molecular weight is 256 g/mol. The predicted molar refractivity (Wildman–Crippen MR) is 81.0 cm³/mol. The summed E-state index contributed by atoms with van der Waals surface area (Å²) in [4.78, 5) is 2.57. The molecule has 1 aromatic rings. The largest absolute Gasteiger partial charge is 0.306 e. The molecule has 102 valence electrons. The lowest BCUT2D eigenvalue weighted by Crippen LogP contribution is -2.31. The fourth-order valence-electron chi connectivity index (χ4n) is 2.52. The van der Waals surface area contributed by atoms with Crippen LogP contribution >= 0.6 is 0 Å². The van der Waals surface area contributed by atoms with Crippen LogP contribution < -0.4 is 5.32 Å². The molecule has 1 aliphatic rings. The van der Waals surface area contributed by atoms with Gasteiger partial charge in [0.05, 0.1) is 6.54 Å². The van der Waals surface area contributed by atoms with Crippen LogP contribution in [-0.4, -0.2) is 37.6 Å². The molecule has 0 radical (unpaired) electrons. The van der Waals surface area contributed by atoms with Crippen LogP contribution in [-0.2, 0) is 0 Å². The molecule has 1 fully saturated rings. The number of hydrogen-bond donors (Lipinski definition) is 1. The zero-order valence-electron chi connectivity index (χ0n) is 11.9. The second-order valence-corrected chi connectivity index (χ2v) is 5.41. The Labute approximate surface area is 117 Å². The Hall–Kier alpha value is -1.30. The molecule has 1 heterocycles. The summed E-state index contributed by atoms with van der Waals surface area (Å²) in [5.74, 6) is 7.05. The van der Waals surface area contributed by atoms with Gasteiger partial charge < -0.3 is 10.2 Å². The molecule has 0 saturated carbocycles. The van der Waals surface area contributed by atoms with Crippen molar-refractivity contribution in [3.05, 3.63) is 35.9 Å². The summed E-state index contributed by atoms with van der Waals surface area (Å²) >= 11 is 0. The number of nitrogens with one attached hydrogen (secondary N) is 1. The van der Waals surface area contributed by atoms with Gasteiger partial charge in [-0.1, -0.05) is 37.0 Å². The maximum atomic E-state index is 3.43. The topological polar surface area (TPSA) is 15.3 Å². The predicted octanol–water partition coefficient (Wildman–Crippen LogP) is 2.36. The van der Waals surface area contributed by atoms with Gasteiger partial charge in [-0.3, -0.25) is 0 Å². The van der Waals surface area contributed by atoms with Crippen LogP contribution in [0, 0.1) is 17.8 Å². The van der Waals surface area contributed by atoms with Crippen molar-refractivity contribution in [1.29, 1.82) is 0 Å². The number of benzene rings is 1. The Morgan fingerprint density at radius 2 is 1.95 bits per heavy atom. The van der Waals surface area contributed by atoms with Gasteiger partial charge >= 0.3 is 0 Å². The van der Waals surface area contributed by atoms with Crippen molar-refractivity contribution in [1.82, 2.24) is 10.2 Å². The van der Waals surface area contributed by atoms with Gasteiger partial charge in [-0.05, 0) is 50.5 Å². The first-order chi connectivity index (χ1) is 9.34. The first-order valence-corrected chi connectivity index (χ1v) is 7.31. The molecule has 1 aliphatic heterocycles. The van der Waals surface area contributed by atoms with E-state index in [2.05, 4.69) is 29.0 Å². The molecule has 0 bridgehead atoms. The zero-order chi connectivity index (χ0) is 13.3. The standard InChI is InChI=1S/C17H24N2/c1-16(15-19-12-5-6-13-19)14-18-11-7-10-17-8-3-2-4-9-17/h2-4,8-9,16,18H,5-6,11-15H2,1H3. The van der Waals surface area contributed by atoms with Crippen molar-refractivity contribution >= 4 is 0 Å². The van der Waals surface area contributed by atoms with E-state index in [0.717, 1.165) is 18.7 Å². The van der Waals surface area contributed by atoms with Crippen LogP contribution in [0.3, 0.4) is 0 Å². The highest BCUT2D eigenvalue weighted by Crippen LogP contribution is 2.09. The van der Waals surface area contributed by atoms with Crippen LogP contribution in [0.25, 0.3) is 0 Å². The Balaban J connectivity index is 1.60. The smallest absolute Gasteiger partial charge is 0.0580 e. The Morgan fingerprint density at radius 3 is 2.68 bits per heavy atom. The fourth-order valence-corrected chi connectivity index (χ4v) is 2.52. The second-order valence-electron chi connectivity index (χ2n) is 5.41. The summed E-state index contributed by atoms with van der Waals surface area (Å²) in [5.41, 5.74) is 1.09. The quantitative estimate of drug-likeness (QED) is 0.643. The molecule has 0 amide bonds. The molecule has 19 heavy (non-hydrogen) atoms. The molecule has 1 N–H and O–H groups in total. The fraction of sp³-hybridized carbons (Fsp3) is 0.529. The first kappa shape index (κ1) is 14.1. The van der Waals surface area contributed by atoms with Crippen LogP contribution in [0.4, 0.5) is 0 Å². The molecule has 1 unspecified atom stereocenters. The lowest BCUT2D eigenvalue weighted by molar-refractivity contribution is 0.284. The van der Waals surface area contributed by atoms with E-state index in [1.165, 1.54) is 32.5 Å². The summed E-state index contributed by atoms with van der Waals surface area (Å²) < 4.78 is 0. The summed E-state index contributed by atoms with van der Waals surface area (Å²) in [6.45, 7) is 7.95. The molecular formula is C17H24N2. The Morgan fingerprint density at radius 1 is 1.21 bits per heavy atom. The van der Waals surface area contributed by atoms with Crippen LogP contribution in [0.2, 0.25) is 0 Å². The molecule has 0 aromatic heterocycles. The zero-order valence-corrected chi connectivity index (χ0v) is 11.9. The minimum Gasteiger partial charge on any atom is -0.306 e. The minimum absolute atomic E-state index is 0.705. The van der Waals surface area contributed by atoms with Gasteiger partial charge in [-0.2, -0.15) is 0 Å².